The molecule has 0 saturated carbocycles. The van der Waals surface area contributed by atoms with Gasteiger partial charge in [0.05, 0.1) is 12.8 Å². The van der Waals surface area contributed by atoms with Gasteiger partial charge in [-0.25, -0.2) is 4.98 Å². The normalized spacial score (nSPS) is 17.4. The van der Waals surface area contributed by atoms with E-state index in [0.717, 1.165) is 44.3 Å². The van der Waals surface area contributed by atoms with E-state index < -0.39 is 0 Å². The number of hydrogen-bond donors (Lipinski definition) is 1. The maximum absolute atomic E-state index is 5.41. The lowest BCUT2D eigenvalue weighted by Crippen LogP contribution is -2.42. The molecule has 0 radical (unpaired) electrons. The van der Waals surface area contributed by atoms with Crippen molar-refractivity contribution in [3.63, 3.8) is 0 Å². The molecule has 2 aromatic rings. The molecular formula is C16H24N4O. The predicted octanol–water partition coefficient (Wildman–Crippen LogP) is 2.04. The van der Waals surface area contributed by atoms with E-state index >= 15 is 0 Å². The molecule has 3 heterocycles. The van der Waals surface area contributed by atoms with E-state index in [-0.39, 0.29) is 0 Å². The second-order valence-corrected chi connectivity index (χ2v) is 5.75. The number of likely N-dealkylation sites (tertiary alicyclic amines) is 1. The highest BCUT2D eigenvalue weighted by atomic mass is 16.3. The van der Waals surface area contributed by atoms with Crippen LogP contribution in [0.5, 0.6) is 0 Å². The van der Waals surface area contributed by atoms with Crippen LogP contribution in [0.15, 0.2) is 35.2 Å². The zero-order valence-corrected chi connectivity index (χ0v) is 12.7. The minimum Gasteiger partial charge on any atom is -0.468 e. The average Bonchev–Trinajstić information content (AvgIpc) is 3.13. The number of aryl methyl sites for hydroxylation is 1. The Bertz CT molecular complexity index is 526. The minimum atomic E-state index is 0.640. The molecule has 0 atom stereocenters. The molecule has 0 amide bonds. The lowest BCUT2D eigenvalue weighted by Gasteiger charge is -2.32. The maximum atomic E-state index is 5.41. The van der Waals surface area contributed by atoms with Crippen molar-refractivity contribution in [1.82, 2.24) is 19.8 Å². The van der Waals surface area contributed by atoms with E-state index in [1.165, 1.54) is 12.8 Å². The summed E-state index contributed by atoms with van der Waals surface area (Å²) in [5.41, 5.74) is 0. The molecule has 0 aromatic carbocycles. The Morgan fingerprint density at radius 1 is 1.38 bits per heavy atom. The Labute approximate surface area is 126 Å². The predicted molar refractivity (Wildman–Crippen MR) is 82.0 cm³/mol. The third kappa shape index (κ3) is 3.95. The molecule has 3 rings (SSSR count). The van der Waals surface area contributed by atoms with Gasteiger partial charge in [0.1, 0.15) is 11.6 Å². The molecule has 0 bridgehead atoms. The highest BCUT2D eigenvalue weighted by Gasteiger charge is 2.19. The van der Waals surface area contributed by atoms with Gasteiger partial charge in [-0.15, -0.1) is 0 Å². The summed E-state index contributed by atoms with van der Waals surface area (Å²) in [6.45, 7) is 7.28. The minimum absolute atomic E-state index is 0.640. The van der Waals surface area contributed by atoms with E-state index in [2.05, 4.69) is 25.8 Å². The fourth-order valence-electron chi connectivity index (χ4n) is 2.95. The van der Waals surface area contributed by atoms with E-state index in [9.17, 15) is 0 Å². The summed E-state index contributed by atoms with van der Waals surface area (Å²) in [7, 11) is 0. The summed E-state index contributed by atoms with van der Waals surface area (Å²) in [4.78, 5) is 6.72. The fourth-order valence-corrected chi connectivity index (χ4v) is 2.95. The Morgan fingerprint density at radius 3 is 2.90 bits per heavy atom. The second-order valence-electron chi connectivity index (χ2n) is 5.75. The first-order chi connectivity index (χ1) is 10.3. The van der Waals surface area contributed by atoms with Crippen LogP contribution in [0, 0.1) is 6.92 Å². The highest BCUT2D eigenvalue weighted by molar-refractivity contribution is 4.98. The van der Waals surface area contributed by atoms with Crippen LogP contribution >= 0.6 is 0 Å². The number of hydrogen-bond acceptors (Lipinski definition) is 4. The Balaban J connectivity index is 1.35. The monoisotopic (exact) mass is 288 g/mol. The van der Waals surface area contributed by atoms with Gasteiger partial charge in [0.25, 0.3) is 0 Å². The summed E-state index contributed by atoms with van der Waals surface area (Å²) >= 11 is 0. The van der Waals surface area contributed by atoms with Crippen molar-refractivity contribution in [2.75, 3.05) is 19.6 Å². The molecule has 1 saturated heterocycles. The molecule has 1 N–H and O–H groups in total. The first-order valence-electron chi connectivity index (χ1n) is 7.77. The smallest absolute Gasteiger partial charge is 0.117 e. The zero-order valence-electron chi connectivity index (χ0n) is 12.7. The maximum Gasteiger partial charge on any atom is 0.117 e. The molecular weight excluding hydrogens is 264 g/mol. The fraction of sp³-hybridized carbons (Fsp3) is 0.562. The topological polar surface area (TPSA) is 46.2 Å². The lowest BCUT2D eigenvalue weighted by atomic mass is 10.0. The number of furan rings is 1. The summed E-state index contributed by atoms with van der Waals surface area (Å²) in [6.07, 6.45) is 8.08. The zero-order chi connectivity index (χ0) is 14.5. The number of nitrogens with zero attached hydrogens (tertiary/aromatic N) is 3. The van der Waals surface area contributed by atoms with Crippen molar-refractivity contribution in [3.05, 3.63) is 42.4 Å². The number of imidazole rings is 1. The Morgan fingerprint density at radius 2 is 2.24 bits per heavy atom. The van der Waals surface area contributed by atoms with Crippen LogP contribution in [0.1, 0.15) is 24.4 Å². The van der Waals surface area contributed by atoms with Crippen LogP contribution in [-0.4, -0.2) is 40.1 Å². The second kappa shape index (κ2) is 6.91. The quantitative estimate of drug-likeness (QED) is 0.883. The van der Waals surface area contributed by atoms with Crippen LogP contribution in [0.3, 0.4) is 0 Å². The van der Waals surface area contributed by atoms with Crippen LogP contribution in [0.2, 0.25) is 0 Å². The van der Waals surface area contributed by atoms with Crippen molar-refractivity contribution in [3.8, 4) is 0 Å². The lowest BCUT2D eigenvalue weighted by molar-refractivity contribution is 0.178. The Hall–Kier alpha value is -1.59. The van der Waals surface area contributed by atoms with E-state index in [1.807, 2.05) is 25.4 Å². The van der Waals surface area contributed by atoms with Gasteiger partial charge in [0.15, 0.2) is 0 Å². The SMILES string of the molecule is Cc1nccn1CCNC1CCN(Cc2ccco2)CC1. The summed E-state index contributed by atoms with van der Waals surface area (Å²) in [5.74, 6) is 2.15. The number of nitrogens with one attached hydrogen (secondary N) is 1. The van der Waals surface area contributed by atoms with Gasteiger partial charge < -0.3 is 14.3 Å². The van der Waals surface area contributed by atoms with Gasteiger partial charge in [-0.2, -0.15) is 0 Å². The highest BCUT2D eigenvalue weighted by Crippen LogP contribution is 2.14. The standard InChI is InChI=1S/C16H24N4O/c1-14-17-6-10-20(14)11-7-18-15-4-8-19(9-5-15)13-16-3-2-12-21-16/h2-3,6,10,12,15,18H,4-5,7-9,11,13H2,1H3. The van der Waals surface area contributed by atoms with Crippen LogP contribution in [0.4, 0.5) is 0 Å². The third-order valence-electron chi connectivity index (χ3n) is 4.26. The molecule has 114 valence electrons. The Kier molecular flexibility index (Phi) is 4.72. The molecule has 1 aliphatic rings. The summed E-state index contributed by atoms with van der Waals surface area (Å²) < 4.78 is 7.61. The summed E-state index contributed by atoms with van der Waals surface area (Å²) in [5, 5.41) is 3.67. The van der Waals surface area contributed by atoms with Crippen LogP contribution in [0.25, 0.3) is 0 Å². The molecule has 21 heavy (non-hydrogen) atoms. The van der Waals surface area contributed by atoms with Gasteiger partial charge in [-0.3, -0.25) is 4.90 Å². The molecule has 5 nitrogen and oxygen atoms in total. The van der Waals surface area contributed by atoms with Crippen molar-refractivity contribution in [2.24, 2.45) is 0 Å². The van der Waals surface area contributed by atoms with E-state index in [4.69, 9.17) is 4.42 Å². The van der Waals surface area contributed by atoms with Gasteiger partial charge in [-0.1, -0.05) is 0 Å². The first kappa shape index (κ1) is 14.4. The van der Waals surface area contributed by atoms with E-state index in [1.54, 1.807) is 6.26 Å². The molecule has 0 spiro atoms. The number of aromatic nitrogens is 2. The molecule has 0 unspecified atom stereocenters. The number of rotatable bonds is 6. The van der Waals surface area contributed by atoms with Crippen LogP contribution in [-0.2, 0) is 13.1 Å². The molecule has 5 heteroatoms. The van der Waals surface area contributed by atoms with Crippen molar-refractivity contribution < 1.29 is 4.42 Å². The molecule has 0 aliphatic carbocycles. The van der Waals surface area contributed by atoms with Gasteiger partial charge in [-0.05, 0) is 31.9 Å². The molecule has 1 fully saturated rings. The number of piperidine rings is 1. The average molecular weight is 288 g/mol. The molecule has 1 aliphatic heterocycles. The van der Waals surface area contributed by atoms with Crippen molar-refractivity contribution >= 4 is 0 Å². The van der Waals surface area contributed by atoms with E-state index in [0.29, 0.717) is 6.04 Å². The van der Waals surface area contributed by atoms with Gasteiger partial charge >= 0.3 is 0 Å². The van der Waals surface area contributed by atoms with Crippen LogP contribution < -0.4 is 5.32 Å². The van der Waals surface area contributed by atoms with Gasteiger partial charge in [0, 0.05) is 44.6 Å². The largest absolute Gasteiger partial charge is 0.468 e. The third-order valence-corrected chi connectivity index (χ3v) is 4.26. The van der Waals surface area contributed by atoms with Crippen molar-refractivity contribution in [1.29, 1.82) is 0 Å². The van der Waals surface area contributed by atoms with Gasteiger partial charge in [0.2, 0.25) is 0 Å². The first-order valence-corrected chi connectivity index (χ1v) is 7.77. The summed E-state index contributed by atoms with van der Waals surface area (Å²) in [6, 6.07) is 4.65. The molecule has 2 aromatic heterocycles. The van der Waals surface area contributed by atoms with Crippen molar-refractivity contribution in [2.45, 2.75) is 38.9 Å².